The number of esters is 1. The number of rotatable bonds is 13. The lowest BCUT2D eigenvalue weighted by atomic mass is 9.66. The molecule has 1 saturated carbocycles. The van der Waals surface area contributed by atoms with Crippen molar-refractivity contribution in [1.29, 1.82) is 0 Å². The van der Waals surface area contributed by atoms with Crippen LogP contribution in [0.15, 0.2) is 30.0 Å². The van der Waals surface area contributed by atoms with Gasteiger partial charge in [0.25, 0.3) is 0 Å². The fourth-order valence-corrected chi connectivity index (χ4v) is 6.80. The maximum atomic E-state index is 14.2. The number of ether oxygens (including phenoxy) is 5. The van der Waals surface area contributed by atoms with Crippen LogP contribution in [0, 0.1) is 17.3 Å². The van der Waals surface area contributed by atoms with Gasteiger partial charge in [0.15, 0.2) is 11.5 Å². The Hall–Kier alpha value is -3.11. The maximum absolute atomic E-state index is 14.2. The Kier molecular flexibility index (Phi) is 10.9. The van der Waals surface area contributed by atoms with Crippen molar-refractivity contribution >= 4 is 17.8 Å². The highest BCUT2D eigenvalue weighted by molar-refractivity contribution is 5.92. The molecule has 0 unspecified atom stereocenters. The van der Waals surface area contributed by atoms with Gasteiger partial charge in [0.1, 0.15) is 5.41 Å². The molecule has 10 nitrogen and oxygen atoms in total. The predicted molar refractivity (Wildman–Crippen MR) is 156 cm³/mol. The fraction of sp³-hybridized carbons (Fsp3) is 0.656. The summed E-state index contributed by atoms with van der Waals surface area (Å²) in [6.07, 6.45) is 7.00. The molecule has 0 aromatic heterocycles. The number of carbonyl (C=O) groups is 3. The predicted octanol–water partition coefficient (Wildman–Crippen LogP) is 3.66. The summed E-state index contributed by atoms with van der Waals surface area (Å²) in [5, 5.41) is 2.89. The second kappa shape index (κ2) is 14.4. The molecule has 0 bridgehead atoms. The molecule has 1 aromatic carbocycles. The molecule has 0 spiro atoms. The number of piperidine rings is 1. The van der Waals surface area contributed by atoms with Crippen LogP contribution in [0.2, 0.25) is 0 Å². The lowest BCUT2D eigenvalue weighted by Gasteiger charge is -2.52. The van der Waals surface area contributed by atoms with Crippen LogP contribution in [0.3, 0.4) is 0 Å². The fourth-order valence-electron chi connectivity index (χ4n) is 6.80. The first-order chi connectivity index (χ1) is 20.3. The monoisotopic (exact) mass is 586 g/mol. The van der Waals surface area contributed by atoms with E-state index < -0.39 is 23.4 Å². The largest absolute Gasteiger partial charge is 0.493 e. The van der Waals surface area contributed by atoms with Crippen molar-refractivity contribution in [3.8, 4) is 11.5 Å². The van der Waals surface area contributed by atoms with E-state index >= 15 is 0 Å². The van der Waals surface area contributed by atoms with Gasteiger partial charge in [0, 0.05) is 44.8 Å². The Balaban J connectivity index is 1.68. The Morgan fingerprint density at radius 3 is 2.50 bits per heavy atom. The van der Waals surface area contributed by atoms with Crippen LogP contribution < -0.4 is 14.8 Å². The van der Waals surface area contributed by atoms with Crippen LogP contribution in [-0.4, -0.2) is 83.0 Å². The number of fused-ring (bicyclic) bond motifs is 1. The van der Waals surface area contributed by atoms with Gasteiger partial charge in [-0.3, -0.25) is 14.4 Å². The third-order valence-electron chi connectivity index (χ3n) is 9.07. The van der Waals surface area contributed by atoms with Crippen LogP contribution in [0.5, 0.6) is 11.5 Å². The van der Waals surface area contributed by atoms with E-state index in [2.05, 4.69) is 5.32 Å². The summed E-state index contributed by atoms with van der Waals surface area (Å²) in [6, 6.07) is 5.68. The standard InChI is InChI=1S/C32H46N2O8/c1-21-32(31(37)41-5)20-24(18-29(35)33-14-8-16-38-2)30(36)34(28(32)19-26(42-21)23-9-6-7-10-23)15-13-22-11-12-25(39-3)27(17-22)40-4/h11-12,17,19,21,23-24,26H,6-10,13-16,18,20H2,1-5H3,(H,33,35)/t21-,24+,26-,32+/m1/s1. The van der Waals surface area contributed by atoms with Crippen molar-refractivity contribution in [1.82, 2.24) is 10.2 Å². The molecule has 2 heterocycles. The molecule has 4 atom stereocenters. The van der Waals surface area contributed by atoms with Crippen LogP contribution in [0.1, 0.15) is 57.4 Å². The van der Waals surface area contributed by atoms with Gasteiger partial charge in [0.05, 0.1) is 33.5 Å². The lowest BCUT2D eigenvalue weighted by molar-refractivity contribution is -0.177. The Morgan fingerprint density at radius 1 is 1.10 bits per heavy atom. The third-order valence-corrected chi connectivity index (χ3v) is 9.07. The van der Waals surface area contributed by atoms with E-state index in [9.17, 15) is 14.4 Å². The highest BCUT2D eigenvalue weighted by Gasteiger charge is 2.60. The number of methoxy groups -OCH3 is 4. The van der Waals surface area contributed by atoms with Gasteiger partial charge in [-0.1, -0.05) is 18.9 Å². The third kappa shape index (κ3) is 6.59. The minimum Gasteiger partial charge on any atom is -0.493 e. The van der Waals surface area contributed by atoms with E-state index in [0.29, 0.717) is 55.7 Å². The average molecular weight is 587 g/mol. The normalized spacial score (nSPS) is 25.9. The van der Waals surface area contributed by atoms with E-state index in [1.54, 1.807) is 26.2 Å². The number of carbonyl (C=O) groups excluding carboxylic acids is 3. The molecule has 2 amide bonds. The molecule has 1 N–H and O–H groups in total. The van der Waals surface area contributed by atoms with E-state index in [4.69, 9.17) is 23.7 Å². The number of amides is 2. The molecule has 232 valence electrons. The van der Waals surface area contributed by atoms with E-state index in [-0.39, 0.29) is 30.8 Å². The molecule has 2 fully saturated rings. The SMILES string of the molecule is COCCCNC(=O)C[C@H]1C[C@@]2(C(=O)OC)C(=C[C@H](C3CCCC3)O[C@@H]2C)N(CCc2ccc(OC)c(OC)c2)C1=O. The average Bonchev–Trinajstić information content (AvgIpc) is 3.54. The summed E-state index contributed by atoms with van der Waals surface area (Å²) in [4.78, 5) is 42.5. The van der Waals surface area contributed by atoms with Crippen molar-refractivity contribution in [2.24, 2.45) is 17.3 Å². The second-order valence-electron chi connectivity index (χ2n) is 11.5. The van der Waals surface area contributed by atoms with E-state index in [1.807, 2.05) is 31.2 Å². The van der Waals surface area contributed by atoms with Gasteiger partial charge in [-0.05, 0) is 68.7 Å². The smallest absolute Gasteiger partial charge is 0.320 e. The minimum absolute atomic E-state index is 0.0243. The number of benzene rings is 1. The molecule has 1 saturated heterocycles. The number of nitrogens with one attached hydrogen (secondary N) is 1. The van der Waals surface area contributed by atoms with E-state index in [1.165, 1.54) is 7.11 Å². The molecule has 1 aliphatic carbocycles. The first-order valence-corrected chi connectivity index (χ1v) is 15.0. The molecule has 4 rings (SSSR count). The minimum atomic E-state index is -1.20. The Morgan fingerprint density at radius 2 is 1.83 bits per heavy atom. The molecule has 2 aliphatic heterocycles. The van der Waals surface area contributed by atoms with E-state index in [0.717, 1.165) is 31.2 Å². The van der Waals surface area contributed by atoms with Crippen LogP contribution >= 0.6 is 0 Å². The van der Waals surface area contributed by atoms with Crippen molar-refractivity contribution < 1.29 is 38.1 Å². The molecule has 3 aliphatic rings. The van der Waals surface area contributed by atoms with Gasteiger partial charge in [-0.2, -0.15) is 0 Å². The molecule has 0 radical (unpaired) electrons. The molecular weight excluding hydrogens is 540 g/mol. The van der Waals surface area contributed by atoms with Crippen molar-refractivity contribution in [2.75, 3.05) is 48.1 Å². The number of likely N-dealkylation sites (tertiary alicyclic amines) is 1. The van der Waals surface area contributed by atoms with Gasteiger partial charge in [-0.25, -0.2) is 0 Å². The summed E-state index contributed by atoms with van der Waals surface area (Å²) in [6.45, 7) is 3.21. The van der Waals surface area contributed by atoms with Crippen LogP contribution in [-0.2, 0) is 35.0 Å². The highest BCUT2D eigenvalue weighted by Crippen LogP contribution is 2.51. The summed E-state index contributed by atoms with van der Waals surface area (Å²) < 4.78 is 27.9. The maximum Gasteiger partial charge on any atom is 0.320 e. The first kappa shape index (κ1) is 31.8. The summed E-state index contributed by atoms with van der Waals surface area (Å²) in [5.74, 6) is 0.0268. The van der Waals surface area contributed by atoms with Gasteiger partial charge >= 0.3 is 5.97 Å². The Labute approximate surface area is 249 Å². The van der Waals surface area contributed by atoms with Gasteiger partial charge in [0.2, 0.25) is 11.8 Å². The number of nitrogens with zero attached hydrogens (tertiary/aromatic N) is 1. The summed E-state index contributed by atoms with van der Waals surface area (Å²) in [7, 11) is 6.15. The molecule has 1 aromatic rings. The van der Waals surface area contributed by atoms with Crippen molar-refractivity contribution in [3.05, 3.63) is 35.5 Å². The Bertz CT molecular complexity index is 1150. The molecular formula is C32H46N2O8. The lowest BCUT2D eigenvalue weighted by Crippen LogP contribution is -2.61. The first-order valence-electron chi connectivity index (χ1n) is 15.0. The van der Waals surface area contributed by atoms with Crippen molar-refractivity contribution in [3.63, 3.8) is 0 Å². The quantitative estimate of drug-likeness (QED) is 0.275. The van der Waals surface area contributed by atoms with Gasteiger partial charge in [-0.15, -0.1) is 0 Å². The topological polar surface area (TPSA) is 113 Å². The zero-order valence-corrected chi connectivity index (χ0v) is 25.6. The molecule has 10 heteroatoms. The van der Waals surface area contributed by atoms with Crippen LogP contribution in [0.4, 0.5) is 0 Å². The second-order valence-corrected chi connectivity index (χ2v) is 11.5. The number of hydrogen-bond donors (Lipinski definition) is 1. The van der Waals surface area contributed by atoms with Crippen LogP contribution in [0.25, 0.3) is 0 Å². The van der Waals surface area contributed by atoms with Gasteiger partial charge < -0.3 is 33.9 Å². The highest BCUT2D eigenvalue weighted by atomic mass is 16.5. The summed E-state index contributed by atoms with van der Waals surface area (Å²) in [5.41, 5.74) is 0.401. The number of hydrogen-bond acceptors (Lipinski definition) is 8. The zero-order valence-electron chi connectivity index (χ0n) is 25.6. The zero-order chi connectivity index (χ0) is 30.3. The van der Waals surface area contributed by atoms with Crippen molar-refractivity contribution in [2.45, 2.75) is 70.5 Å². The summed E-state index contributed by atoms with van der Waals surface area (Å²) >= 11 is 0. The molecule has 42 heavy (non-hydrogen) atoms.